The zero-order valence-corrected chi connectivity index (χ0v) is 13.8. The fourth-order valence-electron chi connectivity index (χ4n) is 2.84. The molecule has 1 heterocycles. The van der Waals surface area contributed by atoms with Crippen molar-refractivity contribution in [3.63, 3.8) is 0 Å². The molecule has 1 saturated heterocycles. The average Bonchev–Trinajstić information content (AvgIpc) is 2.47. The molecule has 1 rings (SSSR count). The lowest BCUT2D eigenvalue weighted by molar-refractivity contribution is -0.150. The molecular formula is C16H30N2O3. The Labute approximate surface area is 128 Å². The first-order valence-electron chi connectivity index (χ1n) is 8.29. The lowest BCUT2D eigenvalue weighted by atomic mass is 9.98. The second-order valence-corrected chi connectivity index (χ2v) is 5.71. The summed E-state index contributed by atoms with van der Waals surface area (Å²) in [5.74, 6) is -0.00543. The van der Waals surface area contributed by atoms with E-state index >= 15 is 0 Å². The van der Waals surface area contributed by atoms with Gasteiger partial charge < -0.3 is 9.64 Å². The van der Waals surface area contributed by atoms with Crippen molar-refractivity contribution in [2.75, 3.05) is 39.3 Å². The molecule has 1 aliphatic heterocycles. The van der Waals surface area contributed by atoms with E-state index in [-0.39, 0.29) is 17.8 Å². The van der Waals surface area contributed by atoms with E-state index in [2.05, 4.69) is 18.7 Å². The summed E-state index contributed by atoms with van der Waals surface area (Å²) in [4.78, 5) is 28.2. The number of likely N-dealkylation sites (tertiary alicyclic amines) is 1. The van der Waals surface area contributed by atoms with Gasteiger partial charge in [0, 0.05) is 19.6 Å². The zero-order chi connectivity index (χ0) is 15.7. The van der Waals surface area contributed by atoms with Crippen LogP contribution in [-0.4, -0.2) is 61.0 Å². The smallest absolute Gasteiger partial charge is 0.310 e. The molecule has 0 saturated carbocycles. The molecule has 0 aromatic rings. The van der Waals surface area contributed by atoms with Crippen molar-refractivity contribution < 1.29 is 14.3 Å². The molecule has 0 N–H and O–H groups in total. The second kappa shape index (κ2) is 9.77. The summed E-state index contributed by atoms with van der Waals surface area (Å²) in [6.07, 6.45) is 3.80. The zero-order valence-electron chi connectivity index (χ0n) is 13.8. The number of hydrogen-bond donors (Lipinski definition) is 0. The van der Waals surface area contributed by atoms with Crippen LogP contribution in [0.5, 0.6) is 0 Å². The van der Waals surface area contributed by atoms with Crippen molar-refractivity contribution in [3.8, 4) is 0 Å². The van der Waals surface area contributed by atoms with E-state index in [9.17, 15) is 9.59 Å². The first-order chi connectivity index (χ1) is 10.1. The van der Waals surface area contributed by atoms with Crippen molar-refractivity contribution in [2.24, 2.45) is 5.92 Å². The van der Waals surface area contributed by atoms with Gasteiger partial charge in [0.05, 0.1) is 19.1 Å². The molecule has 122 valence electrons. The largest absolute Gasteiger partial charge is 0.466 e. The van der Waals surface area contributed by atoms with E-state index in [1.807, 2.05) is 11.8 Å². The fraction of sp³-hybridized carbons (Fsp3) is 0.875. The first kappa shape index (κ1) is 18.0. The Morgan fingerprint density at radius 2 is 1.86 bits per heavy atom. The number of esters is 1. The summed E-state index contributed by atoms with van der Waals surface area (Å²) in [6.45, 7) is 10.1. The number of ether oxygens (including phenoxy) is 1. The minimum Gasteiger partial charge on any atom is -0.466 e. The van der Waals surface area contributed by atoms with Crippen molar-refractivity contribution in [1.29, 1.82) is 0 Å². The van der Waals surface area contributed by atoms with E-state index < -0.39 is 0 Å². The minimum atomic E-state index is -0.117. The third-order valence-corrected chi connectivity index (χ3v) is 3.82. The molecule has 0 radical (unpaired) electrons. The normalized spacial score (nSPS) is 19.3. The maximum Gasteiger partial charge on any atom is 0.310 e. The standard InChI is InChI=1S/C16H30N2O3/c1-4-9-18(10-5-2)15(19)13-17-11-7-8-14(12-17)16(20)21-6-3/h14H,4-13H2,1-3H3/t14-/m0/s1. The van der Waals surface area contributed by atoms with Crippen molar-refractivity contribution in [3.05, 3.63) is 0 Å². The Kier molecular flexibility index (Phi) is 8.35. The molecule has 0 aromatic carbocycles. The summed E-state index contributed by atoms with van der Waals surface area (Å²) in [7, 11) is 0. The topological polar surface area (TPSA) is 49.9 Å². The highest BCUT2D eigenvalue weighted by molar-refractivity contribution is 5.78. The predicted octanol–water partition coefficient (Wildman–Crippen LogP) is 1.91. The van der Waals surface area contributed by atoms with E-state index in [0.717, 1.165) is 45.3 Å². The van der Waals surface area contributed by atoms with Gasteiger partial charge in [0.15, 0.2) is 0 Å². The molecule has 0 aromatic heterocycles. The first-order valence-corrected chi connectivity index (χ1v) is 8.29. The van der Waals surface area contributed by atoms with Gasteiger partial charge in [-0.05, 0) is 39.2 Å². The Balaban J connectivity index is 2.49. The molecule has 0 bridgehead atoms. The average molecular weight is 298 g/mol. The predicted molar refractivity (Wildman–Crippen MR) is 83.0 cm³/mol. The molecule has 0 spiro atoms. The van der Waals surface area contributed by atoms with Gasteiger partial charge in [-0.25, -0.2) is 0 Å². The van der Waals surface area contributed by atoms with Crippen LogP contribution in [0.15, 0.2) is 0 Å². The maximum atomic E-state index is 12.4. The maximum absolute atomic E-state index is 12.4. The number of carbonyl (C=O) groups excluding carboxylic acids is 2. The molecule has 1 atom stereocenters. The van der Waals surface area contributed by atoms with Crippen LogP contribution in [0.2, 0.25) is 0 Å². The molecule has 5 nitrogen and oxygen atoms in total. The van der Waals surface area contributed by atoms with Crippen LogP contribution < -0.4 is 0 Å². The van der Waals surface area contributed by atoms with Gasteiger partial charge in [0.25, 0.3) is 0 Å². The third kappa shape index (κ3) is 6.04. The van der Waals surface area contributed by atoms with E-state index in [1.165, 1.54) is 0 Å². The summed E-state index contributed by atoms with van der Waals surface area (Å²) < 4.78 is 5.10. The molecule has 21 heavy (non-hydrogen) atoms. The van der Waals surface area contributed by atoms with Gasteiger partial charge in [0.2, 0.25) is 5.91 Å². The summed E-state index contributed by atoms with van der Waals surface area (Å²) in [5, 5.41) is 0. The van der Waals surface area contributed by atoms with Gasteiger partial charge in [-0.15, -0.1) is 0 Å². The van der Waals surface area contributed by atoms with Crippen LogP contribution in [0.1, 0.15) is 46.5 Å². The SMILES string of the molecule is CCCN(CCC)C(=O)CN1CCC[C@H](C(=O)OCC)C1. The molecule has 1 aliphatic rings. The lowest BCUT2D eigenvalue weighted by Crippen LogP contribution is -2.46. The number of carbonyl (C=O) groups is 2. The monoisotopic (exact) mass is 298 g/mol. The van der Waals surface area contributed by atoms with Crippen LogP contribution in [0.25, 0.3) is 0 Å². The highest BCUT2D eigenvalue weighted by atomic mass is 16.5. The van der Waals surface area contributed by atoms with Crippen molar-refractivity contribution in [2.45, 2.75) is 46.5 Å². The van der Waals surface area contributed by atoms with Crippen LogP contribution in [0, 0.1) is 5.92 Å². The quantitative estimate of drug-likeness (QED) is 0.642. The van der Waals surface area contributed by atoms with Gasteiger partial charge in [-0.2, -0.15) is 0 Å². The number of rotatable bonds is 8. The molecule has 1 amide bonds. The molecule has 1 fully saturated rings. The summed E-state index contributed by atoms with van der Waals surface area (Å²) in [6, 6.07) is 0. The Morgan fingerprint density at radius 3 is 2.43 bits per heavy atom. The number of hydrogen-bond acceptors (Lipinski definition) is 4. The van der Waals surface area contributed by atoms with Crippen LogP contribution in [0.3, 0.4) is 0 Å². The lowest BCUT2D eigenvalue weighted by Gasteiger charge is -2.32. The molecular weight excluding hydrogens is 268 g/mol. The number of amides is 1. The summed E-state index contributed by atoms with van der Waals surface area (Å²) >= 11 is 0. The van der Waals surface area contributed by atoms with E-state index in [0.29, 0.717) is 19.7 Å². The highest BCUT2D eigenvalue weighted by Gasteiger charge is 2.28. The highest BCUT2D eigenvalue weighted by Crippen LogP contribution is 2.18. The fourth-order valence-corrected chi connectivity index (χ4v) is 2.84. The van der Waals surface area contributed by atoms with E-state index in [4.69, 9.17) is 4.74 Å². The third-order valence-electron chi connectivity index (χ3n) is 3.82. The van der Waals surface area contributed by atoms with E-state index in [1.54, 1.807) is 0 Å². The van der Waals surface area contributed by atoms with Gasteiger partial charge in [-0.3, -0.25) is 14.5 Å². The Hall–Kier alpha value is -1.10. The van der Waals surface area contributed by atoms with Crippen molar-refractivity contribution in [1.82, 2.24) is 9.80 Å². The number of piperidine rings is 1. The van der Waals surface area contributed by atoms with Crippen LogP contribution in [0.4, 0.5) is 0 Å². The molecule has 5 heteroatoms. The number of nitrogens with zero attached hydrogens (tertiary/aromatic N) is 2. The molecule has 0 unspecified atom stereocenters. The summed E-state index contributed by atoms with van der Waals surface area (Å²) in [5.41, 5.74) is 0. The van der Waals surface area contributed by atoms with Crippen molar-refractivity contribution >= 4 is 11.9 Å². The van der Waals surface area contributed by atoms with Gasteiger partial charge in [0.1, 0.15) is 0 Å². The Morgan fingerprint density at radius 1 is 1.19 bits per heavy atom. The Bertz CT molecular complexity index is 327. The molecule has 0 aliphatic carbocycles. The van der Waals surface area contributed by atoms with Crippen LogP contribution >= 0.6 is 0 Å². The van der Waals surface area contributed by atoms with Crippen LogP contribution in [-0.2, 0) is 14.3 Å². The second-order valence-electron chi connectivity index (χ2n) is 5.71. The minimum absolute atomic E-state index is 0.0719. The van der Waals surface area contributed by atoms with Gasteiger partial charge >= 0.3 is 5.97 Å². The van der Waals surface area contributed by atoms with Gasteiger partial charge in [-0.1, -0.05) is 13.8 Å².